The number of amides is 1. The minimum atomic E-state index is -3.45. The lowest BCUT2D eigenvalue weighted by atomic mass is 10.0. The van der Waals surface area contributed by atoms with Crippen LogP contribution in [0.2, 0.25) is 0 Å². The van der Waals surface area contributed by atoms with Crippen molar-refractivity contribution in [3.8, 4) is 0 Å². The molecule has 1 aliphatic rings. The van der Waals surface area contributed by atoms with Gasteiger partial charge in [-0.3, -0.25) is 4.79 Å². The van der Waals surface area contributed by atoms with Gasteiger partial charge >= 0.3 is 0 Å². The number of carbonyl (C=O) groups excluding carboxylic acids is 1. The zero-order chi connectivity index (χ0) is 18.6. The van der Waals surface area contributed by atoms with Crippen molar-refractivity contribution in [1.29, 1.82) is 0 Å². The number of hydrogen-bond donors (Lipinski definition) is 2. The van der Waals surface area contributed by atoms with E-state index in [0.717, 1.165) is 24.0 Å². The number of benzene rings is 2. The minimum absolute atomic E-state index is 0.0384. The van der Waals surface area contributed by atoms with E-state index in [1.54, 1.807) is 18.2 Å². The molecule has 0 spiro atoms. The van der Waals surface area contributed by atoms with E-state index in [-0.39, 0.29) is 16.8 Å². The summed E-state index contributed by atoms with van der Waals surface area (Å²) in [5.74, 6) is 0.346. The smallest absolute Gasteiger partial charge is 0.244 e. The molecule has 1 amide bonds. The first-order valence-corrected chi connectivity index (χ1v) is 10.0. The van der Waals surface area contributed by atoms with Gasteiger partial charge in [-0.25, -0.2) is 13.1 Å². The second kappa shape index (κ2) is 7.85. The predicted molar refractivity (Wildman–Crippen MR) is 102 cm³/mol. The van der Waals surface area contributed by atoms with Crippen LogP contribution in [0.5, 0.6) is 0 Å². The Labute approximate surface area is 154 Å². The summed E-state index contributed by atoms with van der Waals surface area (Å²) in [6.07, 6.45) is 5.43. The molecule has 6 heteroatoms. The molecule has 0 heterocycles. The van der Waals surface area contributed by atoms with Gasteiger partial charge < -0.3 is 5.32 Å². The third-order valence-corrected chi connectivity index (χ3v) is 5.87. The van der Waals surface area contributed by atoms with Crippen LogP contribution < -0.4 is 10.0 Å². The highest BCUT2D eigenvalue weighted by Gasteiger charge is 2.32. The maximum atomic E-state index is 12.3. The fourth-order valence-electron chi connectivity index (χ4n) is 2.81. The normalized spacial score (nSPS) is 15.7. The van der Waals surface area contributed by atoms with Gasteiger partial charge in [0.25, 0.3) is 0 Å². The molecule has 1 unspecified atom stereocenters. The third-order valence-electron chi connectivity index (χ3n) is 4.44. The molecule has 136 valence electrons. The molecule has 1 saturated carbocycles. The molecule has 0 radical (unpaired) electrons. The molecule has 2 aromatic carbocycles. The van der Waals surface area contributed by atoms with Crippen molar-refractivity contribution in [3.63, 3.8) is 0 Å². The van der Waals surface area contributed by atoms with Crippen molar-refractivity contribution in [2.24, 2.45) is 5.92 Å². The van der Waals surface area contributed by atoms with Gasteiger partial charge in [0, 0.05) is 6.08 Å². The van der Waals surface area contributed by atoms with Crippen molar-refractivity contribution in [2.45, 2.75) is 23.8 Å². The average Bonchev–Trinajstić information content (AvgIpc) is 3.50. The largest absolute Gasteiger partial charge is 0.345 e. The molecular formula is C20H22N2O3S. The predicted octanol–water partition coefficient (Wildman–Crippen LogP) is 2.88. The van der Waals surface area contributed by atoms with Gasteiger partial charge in [0.2, 0.25) is 15.9 Å². The first kappa shape index (κ1) is 18.4. The van der Waals surface area contributed by atoms with Crippen molar-refractivity contribution >= 4 is 22.0 Å². The second-order valence-electron chi connectivity index (χ2n) is 6.34. The fraction of sp³-hybridized carbons (Fsp3) is 0.250. The van der Waals surface area contributed by atoms with E-state index in [9.17, 15) is 13.2 Å². The van der Waals surface area contributed by atoms with Gasteiger partial charge in [-0.15, -0.1) is 0 Å². The molecule has 3 rings (SSSR count). The standard InChI is InChI=1S/C20H22N2O3S/c1-21-26(24,25)18-12-7-15(8-13-18)9-14-19(23)22-20(17-10-11-17)16-5-3-2-4-6-16/h2-9,12-14,17,20-21H,10-11H2,1H3,(H,22,23)/b14-9+. The number of rotatable bonds is 7. The zero-order valence-corrected chi connectivity index (χ0v) is 15.4. The molecule has 0 aliphatic heterocycles. The Kier molecular flexibility index (Phi) is 5.54. The van der Waals surface area contributed by atoms with Crippen molar-refractivity contribution < 1.29 is 13.2 Å². The van der Waals surface area contributed by atoms with Crippen LogP contribution in [0.3, 0.4) is 0 Å². The lowest BCUT2D eigenvalue weighted by Crippen LogP contribution is -2.28. The number of carbonyl (C=O) groups is 1. The second-order valence-corrected chi connectivity index (χ2v) is 8.23. The van der Waals surface area contributed by atoms with Gasteiger partial charge in [0.15, 0.2) is 0 Å². The monoisotopic (exact) mass is 370 g/mol. The van der Waals surface area contributed by atoms with Gasteiger partial charge in [-0.05, 0) is 55.1 Å². The summed E-state index contributed by atoms with van der Waals surface area (Å²) in [4.78, 5) is 12.5. The van der Waals surface area contributed by atoms with Gasteiger partial charge in [-0.2, -0.15) is 0 Å². The summed E-state index contributed by atoms with van der Waals surface area (Å²) < 4.78 is 25.7. The van der Waals surface area contributed by atoms with Crippen molar-refractivity contribution in [2.75, 3.05) is 7.05 Å². The molecule has 0 saturated heterocycles. The van der Waals surface area contributed by atoms with Crippen LogP contribution in [0.25, 0.3) is 6.08 Å². The molecule has 1 aliphatic carbocycles. The summed E-state index contributed by atoms with van der Waals surface area (Å²) >= 11 is 0. The van der Waals surface area contributed by atoms with Crippen molar-refractivity contribution in [1.82, 2.24) is 10.0 Å². The van der Waals surface area contributed by atoms with Crippen LogP contribution in [-0.4, -0.2) is 21.4 Å². The van der Waals surface area contributed by atoms with E-state index >= 15 is 0 Å². The summed E-state index contributed by atoms with van der Waals surface area (Å²) in [5, 5.41) is 3.08. The Bertz CT molecular complexity index is 886. The molecule has 0 bridgehead atoms. The lowest BCUT2D eigenvalue weighted by molar-refractivity contribution is -0.117. The fourth-order valence-corrected chi connectivity index (χ4v) is 3.54. The third kappa shape index (κ3) is 4.59. The van der Waals surface area contributed by atoms with Gasteiger partial charge in [0.1, 0.15) is 0 Å². The number of sulfonamides is 1. The summed E-state index contributed by atoms with van der Waals surface area (Å²) in [6.45, 7) is 0. The molecule has 5 nitrogen and oxygen atoms in total. The Morgan fingerprint density at radius 1 is 1.08 bits per heavy atom. The average molecular weight is 370 g/mol. The highest BCUT2D eigenvalue weighted by molar-refractivity contribution is 7.89. The van der Waals surface area contributed by atoms with Crippen LogP contribution in [0.4, 0.5) is 0 Å². The highest BCUT2D eigenvalue weighted by Crippen LogP contribution is 2.40. The van der Waals surface area contributed by atoms with Crippen LogP contribution in [-0.2, 0) is 14.8 Å². The highest BCUT2D eigenvalue weighted by atomic mass is 32.2. The molecule has 0 aromatic heterocycles. The summed E-state index contributed by atoms with van der Waals surface area (Å²) in [7, 11) is -2.08. The van der Waals surface area contributed by atoms with Crippen LogP contribution >= 0.6 is 0 Å². The first-order chi connectivity index (χ1) is 12.5. The Hall–Kier alpha value is -2.44. The minimum Gasteiger partial charge on any atom is -0.345 e. The molecule has 2 N–H and O–H groups in total. The Balaban J connectivity index is 1.65. The van der Waals surface area contributed by atoms with E-state index in [1.807, 2.05) is 30.3 Å². The van der Waals surface area contributed by atoms with E-state index in [2.05, 4.69) is 10.0 Å². The molecular weight excluding hydrogens is 348 g/mol. The quantitative estimate of drug-likeness (QED) is 0.736. The molecule has 1 fully saturated rings. The maximum Gasteiger partial charge on any atom is 0.244 e. The maximum absolute atomic E-state index is 12.3. The Morgan fingerprint density at radius 3 is 2.31 bits per heavy atom. The SMILES string of the molecule is CNS(=O)(=O)c1ccc(/C=C/C(=O)NC(c2ccccc2)C2CC2)cc1. The molecule has 26 heavy (non-hydrogen) atoms. The topological polar surface area (TPSA) is 75.3 Å². The van der Waals surface area contributed by atoms with E-state index in [1.165, 1.54) is 25.3 Å². The van der Waals surface area contributed by atoms with Crippen LogP contribution in [0, 0.1) is 5.92 Å². The summed E-state index contributed by atoms with van der Waals surface area (Å²) in [6, 6.07) is 16.4. The van der Waals surface area contributed by atoms with Gasteiger partial charge in [0.05, 0.1) is 10.9 Å². The summed E-state index contributed by atoms with van der Waals surface area (Å²) in [5.41, 5.74) is 1.89. The van der Waals surface area contributed by atoms with Crippen molar-refractivity contribution in [3.05, 3.63) is 71.8 Å². The van der Waals surface area contributed by atoms with Gasteiger partial charge in [-0.1, -0.05) is 42.5 Å². The van der Waals surface area contributed by atoms with E-state index in [0.29, 0.717) is 5.92 Å². The number of nitrogens with one attached hydrogen (secondary N) is 2. The van der Waals surface area contributed by atoms with Crippen LogP contribution in [0.15, 0.2) is 65.6 Å². The zero-order valence-electron chi connectivity index (χ0n) is 14.6. The molecule has 2 aromatic rings. The molecule has 1 atom stereocenters. The first-order valence-electron chi connectivity index (χ1n) is 8.57. The Morgan fingerprint density at radius 2 is 1.73 bits per heavy atom. The van der Waals surface area contributed by atoms with Crippen LogP contribution in [0.1, 0.15) is 30.0 Å². The van der Waals surface area contributed by atoms with E-state index < -0.39 is 10.0 Å². The lowest BCUT2D eigenvalue weighted by Gasteiger charge is -2.17. The van der Waals surface area contributed by atoms with E-state index in [4.69, 9.17) is 0 Å². The number of hydrogen-bond acceptors (Lipinski definition) is 3.